The molecule has 0 aliphatic carbocycles. The van der Waals surface area contributed by atoms with Crippen molar-refractivity contribution < 1.29 is 18.3 Å². The van der Waals surface area contributed by atoms with Crippen molar-refractivity contribution in [2.24, 2.45) is 5.92 Å². The molecule has 2 aromatic heterocycles. The smallest absolute Gasteiger partial charge is 0.416 e. The standard InChI is InChI=1S/C23H25F3N4O/c24-23(25,26)16-7-8-17(20(31)14-16)22-19-5-3-12-30(19)21(27-28-22)9-6-15-10-13-29-11-2-1-4-18(15)29/h3,5,7-8,12,14-15,18,31H,1-2,4,6,9-11,13H2/t15-,18+/m1/s1. The first-order valence-electron chi connectivity index (χ1n) is 10.9. The van der Waals surface area contributed by atoms with E-state index in [1.54, 1.807) is 0 Å². The predicted molar refractivity (Wildman–Crippen MR) is 111 cm³/mol. The molecule has 8 heteroatoms. The van der Waals surface area contributed by atoms with Crippen molar-refractivity contribution in [2.75, 3.05) is 13.1 Å². The summed E-state index contributed by atoms with van der Waals surface area (Å²) in [6.07, 6.45) is 4.35. The van der Waals surface area contributed by atoms with Crippen LogP contribution in [0, 0.1) is 5.92 Å². The Bertz CT molecular complexity index is 1090. The van der Waals surface area contributed by atoms with E-state index >= 15 is 0 Å². The third-order valence-corrected chi connectivity index (χ3v) is 6.85. The lowest BCUT2D eigenvalue weighted by Crippen LogP contribution is -2.37. The predicted octanol–water partition coefficient (Wildman–Crippen LogP) is 4.93. The van der Waals surface area contributed by atoms with Crippen molar-refractivity contribution in [1.29, 1.82) is 0 Å². The van der Waals surface area contributed by atoms with Crippen LogP contribution in [0.3, 0.4) is 0 Å². The molecular weight excluding hydrogens is 405 g/mol. The minimum Gasteiger partial charge on any atom is -0.507 e. The van der Waals surface area contributed by atoms with Crippen LogP contribution in [0.25, 0.3) is 16.8 Å². The van der Waals surface area contributed by atoms with E-state index in [1.165, 1.54) is 44.8 Å². The maximum absolute atomic E-state index is 12.9. The van der Waals surface area contributed by atoms with E-state index in [9.17, 15) is 18.3 Å². The van der Waals surface area contributed by atoms with Gasteiger partial charge in [-0.15, -0.1) is 10.2 Å². The summed E-state index contributed by atoms with van der Waals surface area (Å²) in [6.45, 7) is 2.40. The third-order valence-electron chi connectivity index (χ3n) is 6.85. The number of phenolic OH excluding ortho intramolecular Hbond substituents is 1. The van der Waals surface area contributed by atoms with Gasteiger partial charge in [-0.3, -0.25) is 0 Å². The number of benzene rings is 1. The number of hydrogen-bond donors (Lipinski definition) is 1. The van der Waals surface area contributed by atoms with E-state index < -0.39 is 17.5 Å². The highest BCUT2D eigenvalue weighted by molar-refractivity contribution is 5.80. The summed E-state index contributed by atoms with van der Waals surface area (Å²) in [4.78, 5) is 2.63. The van der Waals surface area contributed by atoms with Gasteiger partial charge in [-0.2, -0.15) is 13.2 Å². The van der Waals surface area contributed by atoms with Crippen LogP contribution in [0.2, 0.25) is 0 Å². The van der Waals surface area contributed by atoms with Crippen LogP contribution in [-0.2, 0) is 12.6 Å². The van der Waals surface area contributed by atoms with Crippen LogP contribution in [0.1, 0.15) is 43.5 Å². The molecule has 2 aliphatic heterocycles. The number of halogens is 3. The Balaban J connectivity index is 1.40. The molecule has 0 spiro atoms. The fourth-order valence-electron chi connectivity index (χ4n) is 5.28. The second-order valence-corrected chi connectivity index (χ2v) is 8.64. The molecule has 0 radical (unpaired) electrons. The van der Waals surface area contributed by atoms with E-state index in [0.29, 0.717) is 17.7 Å². The fourth-order valence-corrected chi connectivity index (χ4v) is 5.28. The van der Waals surface area contributed by atoms with Crippen LogP contribution in [0.5, 0.6) is 5.75 Å². The molecule has 5 nitrogen and oxygen atoms in total. The maximum atomic E-state index is 12.9. The van der Waals surface area contributed by atoms with Gasteiger partial charge in [0.1, 0.15) is 17.3 Å². The Labute approximate surface area is 178 Å². The molecule has 0 saturated carbocycles. The van der Waals surface area contributed by atoms with Crippen molar-refractivity contribution >= 4 is 5.52 Å². The van der Waals surface area contributed by atoms with E-state index in [4.69, 9.17) is 0 Å². The molecule has 2 fully saturated rings. The van der Waals surface area contributed by atoms with Gasteiger partial charge >= 0.3 is 6.18 Å². The van der Waals surface area contributed by atoms with Crippen molar-refractivity contribution in [3.8, 4) is 17.0 Å². The topological polar surface area (TPSA) is 53.7 Å². The summed E-state index contributed by atoms with van der Waals surface area (Å²) < 4.78 is 40.7. The van der Waals surface area contributed by atoms with Gasteiger partial charge in [-0.1, -0.05) is 6.42 Å². The monoisotopic (exact) mass is 430 g/mol. The summed E-state index contributed by atoms with van der Waals surface area (Å²) in [5.41, 5.74) is 0.451. The molecule has 2 atom stereocenters. The largest absolute Gasteiger partial charge is 0.507 e. The normalized spacial score (nSPS) is 22.2. The summed E-state index contributed by atoms with van der Waals surface area (Å²) in [6, 6.07) is 7.35. The average molecular weight is 430 g/mol. The van der Waals surface area contributed by atoms with Crippen molar-refractivity contribution in [2.45, 2.75) is 50.7 Å². The highest BCUT2D eigenvalue weighted by Gasteiger charge is 2.35. The zero-order chi connectivity index (χ0) is 21.6. The van der Waals surface area contributed by atoms with Crippen LogP contribution in [0.4, 0.5) is 13.2 Å². The molecule has 164 valence electrons. The highest BCUT2D eigenvalue weighted by Crippen LogP contribution is 2.38. The molecule has 31 heavy (non-hydrogen) atoms. The number of piperidine rings is 1. The summed E-state index contributed by atoms with van der Waals surface area (Å²) in [7, 11) is 0. The zero-order valence-electron chi connectivity index (χ0n) is 17.1. The molecule has 1 N–H and O–H groups in total. The van der Waals surface area contributed by atoms with Crippen molar-refractivity contribution in [3.05, 3.63) is 47.9 Å². The minimum absolute atomic E-state index is 0.240. The Morgan fingerprint density at radius 3 is 2.74 bits per heavy atom. The van der Waals surface area contributed by atoms with Gasteiger partial charge < -0.3 is 14.4 Å². The molecule has 0 amide bonds. The second-order valence-electron chi connectivity index (χ2n) is 8.64. The van der Waals surface area contributed by atoms with Gasteiger partial charge in [0.25, 0.3) is 0 Å². The van der Waals surface area contributed by atoms with Crippen LogP contribution >= 0.6 is 0 Å². The Morgan fingerprint density at radius 1 is 1.06 bits per heavy atom. The number of hydrogen-bond acceptors (Lipinski definition) is 4. The molecule has 5 rings (SSSR count). The first kappa shape index (κ1) is 20.3. The van der Waals surface area contributed by atoms with E-state index in [0.717, 1.165) is 36.3 Å². The number of rotatable bonds is 4. The Morgan fingerprint density at radius 2 is 1.94 bits per heavy atom. The third kappa shape index (κ3) is 3.78. The zero-order valence-corrected chi connectivity index (χ0v) is 17.1. The van der Waals surface area contributed by atoms with Gasteiger partial charge in [-0.25, -0.2) is 0 Å². The van der Waals surface area contributed by atoms with Gasteiger partial charge in [0.05, 0.1) is 11.1 Å². The SMILES string of the molecule is Oc1cc(C(F)(F)F)ccc1-c1nnc(CC[C@@H]2CCN3CCCC[C@@H]23)n2cccc12. The molecule has 0 unspecified atom stereocenters. The lowest BCUT2D eigenvalue weighted by atomic mass is 9.89. The van der Waals surface area contributed by atoms with Gasteiger partial charge in [0, 0.05) is 24.2 Å². The van der Waals surface area contributed by atoms with Gasteiger partial charge in [0.15, 0.2) is 0 Å². The molecule has 3 aromatic rings. The van der Waals surface area contributed by atoms with E-state index in [2.05, 4.69) is 15.1 Å². The lowest BCUT2D eigenvalue weighted by molar-refractivity contribution is -0.137. The van der Waals surface area contributed by atoms with Crippen molar-refractivity contribution in [1.82, 2.24) is 19.5 Å². The van der Waals surface area contributed by atoms with Gasteiger partial charge in [-0.05, 0) is 75.0 Å². The van der Waals surface area contributed by atoms with Gasteiger partial charge in [0.2, 0.25) is 0 Å². The molecule has 0 bridgehead atoms. The number of fused-ring (bicyclic) bond motifs is 2. The molecule has 4 heterocycles. The van der Waals surface area contributed by atoms with Crippen LogP contribution in [-0.4, -0.2) is 43.7 Å². The van der Waals surface area contributed by atoms with E-state index in [-0.39, 0.29) is 5.56 Å². The summed E-state index contributed by atoms with van der Waals surface area (Å²) >= 11 is 0. The Kier molecular flexibility index (Phi) is 5.12. The van der Waals surface area contributed by atoms with E-state index in [1.807, 2.05) is 22.7 Å². The molecule has 2 saturated heterocycles. The number of nitrogens with zero attached hydrogens (tertiary/aromatic N) is 4. The second kappa shape index (κ2) is 7.82. The quantitative estimate of drug-likeness (QED) is 0.638. The molecular formula is C23H25F3N4O. The minimum atomic E-state index is -4.51. The average Bonchev–Trinajstić information content (AvgIpc) is 3.39. The Hall–Kier alpha value is -2.61. The van der Waals surface area contributed by atoms with Crippen LogP contribution in [0.15, 0.2) is 36.5 Å². The number of aromatic hydroxyl groups is 1. The number of aryl methyl sites for hydroxylation is 1. The number of aromatic nitrogens is 3. The summed E-state index contributed by atoms with van der Waals surface area (Å²) in [5.74, 6) is 1.05. The van der Waals surface area contributed by atoms with Crippen LogP contribution < -0.4 is 0 Å². The molecule has 1 aromatic carbocycles. The number of alkyl halides is 3. The number of phenols is 1. The fraction of sp³-hybridized carbons (Fsp3) is 0.478. The maximum Gasteiger partial charge on any atom is 0.416 e. The first-order valence-corrected chi connectivity index (χ1v) is 10.9. The van der Waals surface area contributed by atoms with Crippen molar-refractivity contribution in [3.63, 3.8) is 0 Å². The molecule has 2 aliphatic rings. The highest BCUT2D eigenvalue weighted by atomic mass is 19.4. The summed E-state index contributed by atoms with van der Waals surface area (Å²) in [5, 5.41) is 19.0. The lowest BCUT2D eigenvalue weighted by Gasteiger charge is -2.32. The first-order chi connectivity index (χ1) is 14.9.